The molecule has 1 saturated carbocycles. The van der Waals surface area contributed by atoms with Crippen molar-refractivity contribution in [1.82, 2.24) is 10.3 Å². The minimum absolute atomic E-state index is 0.444. The van der Waals surface area contributed by atoms with E-state index in [0.29, 0.717) is 5.92 Å². The Hall–Kier alpha value is -0.900. The first kappa shape index (κ1) is 14.1. The highest BCUT2D eigenvalue weighted by molar-refractivity contribution is 7.09. The van der Waals surface area contributed by atoms with E-state index in [4.69, 9.17) is 11.6 Å². The molecule has 0 amide bonds. The Morgan fingerprint density at radius 1 is 1.45 bits per heavy atom. The largest absolute Gasteiger partial charge is 0.313 e. The van der Waals surface area contributed by atoms with Crippen LogP contribution in [0.25, 0.3) is 0 Å². The van der Waals surface area contributed by atoms with Crippen LogP contribution in [0, 0.1) is 6.92 Å². The lowest BCUT2D eigenvalue weighted by molar-refractivity contribution is 0.576. The number of nitrogens with one attached hydrogen (secondary N) is 1. The summed E-state index contributed by atoms with van der Waals surface area (Å²) in [6, 6.07) is 8.96. The molecule has 1 fully saturated rings. The molecule has 0 aliphatic heterocycles. The van der Waals surface area contributed by atoms with E-state index in [2.05, 4.69) is 34.7 Å². The molecule has 1 heterocycles. The zero-order valence-corrected chi connectivity index (χ0v) is 13.2. The Morgan fingerprint density at radius 2 is 2.30 bits per heavy atom. The van der Waals surface area contributed by atoms with Crippen molar-refractivity contribution in [3.63, 3.8) is 0 Å². The zero-order valence-electron chi connectivity index (χ0n) is 11.6. The molecule has 1 N–H and O–H groups in total. The third-order valence-corrected chi connectivity index (χ3v) is 4.86. The molecule has 1 aromatic heterocycles. The van der Waals surface area contributed by atoms with E-state index in [-0.39, 0.29) is 0 Å². The number of rotatable bonds is 6. The van der Waals surface area contributed by atoms with Crippen LogP contribution in [0.5, 0.6) is 0 Å². The van der Waals surface area contributed by atoms with Gasteiger partial charge in [0.1, 0.15) is 0 Å². The van der Waals surface area contributed by atoms with E-state index in [1.807, 2.05) is 12.1 Å². The predicted octanol–water partition coefficient (Wildman–Crippen LogP) is 4.18. The number of hydrogen-bond acceptors (Lipinski definition) is 3. The van der Waals surface area contributed by atoms with Crippen molar-refractivity contribution in [2.75, 3.05) is 6.54 Å². The second-order valence-electron chi connectivity index (χ2n) is 5.52. The average Bonchev–Trinajstić information content (AvgIpc) is 3.17. The Kier molecular flexibility index (Phi) is 4.39. The van der Waals surface area contributed by atoms with Gasteiger partial charge in [-0.2, -0.15) is 0 Å². The molecule has 2 nitrogen and oxygen atoms in total. The van der Waals surface area contributed by atoms with E-state index in [1.54, 1.807) is 11.3 Å². The number of thiazole rings is 1. The monoisotopic (exact) mass is 306 g/mol. The lowest BCUT2D eigenvalue weighted by atomic mass is 9.96. The van der Waals surface area contributed by atoms with Gasteiger partial charge in [-0.05, 0) is 37.5 Å². The fourth-order valence-electron chi connectivity index (χ4n) is 2.37. The first-order valence-electron chi connectivity index (χ1n) is 7.10. The molecule has 0 bridgehead atoms. The van der Waals surface area contributed by atoms with Crippen molar-refractivity contribution >= 4 is 22.9 Å². The van der Waals surface area contributed by atoms with Gasteiger partial charge in [0.05, 0.1) is 5.01 Å². The van der Waals surface area contributed by atoms with E-state index < -0.39 is 0 Å². The SMILES string of the molecule is Cc1csc(CC(CNC2CC2)c2cccc(Cl)c2)n1. The van der Waals surface area contributed by atoms with Gasteiger partial charge in [-0.3, -0.25) is 0 Å². The Balaban J connectivity index is 1.74. The fourth-order valence-corrected chi connectivity index (χ4v) is 3.42. The maximum absolute atomic E-state index is 6.14. The number of benzene rings is 1. The molecule has 2 aromatic rings. The van der Waals surface area contributed by atoms with Crippen LogP contribution in [0.3, 0.4) is 0 Å². The zero-order chi connectivity index (χ0) is 13.9. The van der Waals surface area contributed by atoms with Crippen molar-refractivity contribution in [2.45, 2.75) is 38.1 Å². The third-order valence-electron chi connectivity index (χ3n) is 3.64. The van der Waals surface area contributed by atoms with Crippen molar-refractivity contribution in [1.29, 1.82) is 0 Å². The highest BCUT2D eigenvalue weighted by Crippen LogP contribution is 2.26. The highest BCUT2D eigenvalue weighted by Gasteiger charge is 2.23. The van der Waals surface area contributed by atoms with Gasteiger partial charge in [0, 0.05) is 41.0 Å². The number of nitrogens with zero attached hydrogens (tertiary/aromatic N) is 1. The number of aromatic nitrogens is 1. The molecule has 0 spiro atoms. The molecule has 3 rings (SSSR count). The van der Waals surface area contributed by atoms with Crippen LogP contribution in [-0.4, -0.2) is 17.6 Å². The molecule has 0 saturated heterocycles. The molecule has 1 atom stereocenters. The van der Waals surface area contributed by atoms with Crippen LogP contribution in [0.4, 0.5) is 0 Å². The molecule has 1 unspecified atom stereocenters. The van der Waals surface area contributed by atoms with Crippen LogP contribution in [-0.2, 0) is 6.42 Å². The average molecular weight is 307 g/mol. The number of hydrogen-bond donors (Lipinski definition) is 1. The highest BCUT2D eigenvalue weighted by atomic mass is 35.5. The second kappa shape index (κ2) is 6.25. The molecular formula is C16H19ClN2S. The molecular weight excluding hydrogens is 288 g/mol. The second-order valence-corrected chi connectivity index (χ2v) is 6.90. The van der Waals surface area contributed by atoms with Gasteiger partial charge in [0.15, 0.2) is 0 Å². The number of aryl methyl sites for hydroxylation is 1. The molecule has 106 valence electrons. The normalized spacial score (nSPS) is 16.3. The minimum atomic E-state index is 0.444. The predicted molar refractivity (Wildman–Crippen MR) is 85.8 cm³/mol. The summed E-state index contributed by atoms with van der Waals surface area (Å²) < 4.78 is 0. The summed E-state index contributed by atoms with van der Waals surface area (Å²) in [6.07, 6.45) is 3.62. The molecule has 20 heavy (non-hydrogen) atoms. The smallest absolute Gasteiger partial charge is 0.0934 e. The summed E-state index contributed by atoms with van der Waals surface area (Å²) in [5.41, 5.74) is 2.42. The Morgan fingerprint density at radius 3 is 2.95 bits per heavy atom. The Labute approximate surface area is 129 Å². The summed E-state index contributed by atoms with van der Waals surface area (Å²) in [5.74, 6) is 0.444. The fraction of sp³-hybridized carbons (Fsp3) is 0.438. The van der Waals surface area contributed by atoms with Crippen molar-refractivity contribution in [3.05, 3.63) is 50.9 Å². The quantitative estimate of drug-likeness (QED) is 0.866. The molecule has 4 heteroatoms. The van der Waals surface area contributed by atoms with Gasteiger partial charge in [0.25, 0.3) is 0 Å². The molecule has 0 radical (unpaired) electrons. The van der Waals surface area contributed by atoms with Gasteiger partial charge < -0.3 is 5.32 Å². The van der Waals surface area contributed by atoms with Crippen molar-refractivity contribution < 1.29 is 0 Å². The van der Waals surface area contributed by atoms with Gasteiger partial charge in [-0.1, -0.05) is 23.7 Å². The van der Waals surface area contributed by atoms with Crippen LogP contribution in [0.15, 0.2) is 29.6 Å². The van der Waals surface area contributed by atoms with Crippen LogP contribution in [0.1, 0.15) is 35.0 Å². The van der Waals surface area contributed by atoms with Crippen molar-refractivity contribution in [3.8, 4) is 0 Å². The first-order valence-corrected chi connectivity index (χ1v) is 8.36. The van der Waals surface area contributed by atoms with E-state index in [0.717, 1.165) is 29.7 Å². The van der Waals surface area contributed by atoms with Gasteiger partial charge in [-0.25, -0.2) is 4.98 Å². The topological polar surface area (TPSA) is 24.9 Å². The summed E-state index contributed by atoms with van der Waals surface area (Å²) in [6.45, 7) is 3.06. The van der Waals surface area contributed by atoms with Gasteiger partial charge >= 0.3 is 0 Å². The Bertz CT molecular complexity index is 577. The summed E-state index contributed by atoms with van der Waals surface area (Å²) in [7, 11) is 0. The van der Waals surface area contributed by atoms with E-state index in [9.17, 15) is 0 Å². The van der Waals surface area contributed by atoms with Gasteiger partial charge in [-0.15, -0.1) is 11.3 Å². The third kappa shape index (κ3) is 3.81. The van der Waals surface area contributed by atoms with E-state index >= 15 is 0 Å². The van der Waals surface area contributed by atoms with Gasteiger partial charge in [0.2, 0.25) is 0 Å². The van der Waals surface area contributed by atoms with Crippen molar-refractivity contribution in [2.24, 2.45) is 0 Å². The van der Waals surface area contributed by atoms with Crippen LogP contribution < -0.4 is 5.32 Å². The van der Waals surface area contributed by atoms with Crippen LogP contribution in [0.2, 0.25) is 5.02 Å². The standard InChI is InChI=1S/C16H19ClN2S/c1-11-10-20-16(19-11)8-13(9-18-15-5-6-15)12-3-2-4-14(17)7-12/h2-4,7,10,13,15,18H,5-6,8-9H2,1H3. The summed E-state index contributed by atoms with van der Waals surface area (Å²) in [4.78, 5) is 4.60. The maximum atomic E-state index is 6.14. The maximum Gasteiger partial charge on any atom is 0.0934 e. The molecule has 1 aliphatic carbocycles. The summed E-state index contributed by atoms with van der Waals surface area (Å²) in [5, 5.41) is 7.79. The molecule has 1 aliphatic rings. The van der Waals surface area contributed by atoms with Crippen LogP contribution >= 0.6 is 22.9 Å². The summed E-state index contributed by atoms with van der Waals surface area (Å²) >= 11 is 7.89. The first-order chi connectivity index (χ1) is 9.70. The minimum Gasteiger partial charge on any atom is -0.313 e. The lowest BCUT2D eigenvalue weighted by Crippen LogP contribution is -2.24. The number of halogens is 1. The molecule has 1 aromatic carbocycles. The van der Waals surface area contributed by atoms with E-state index in [1.165, 1.54) is 23.4 Å². The lowest BCUT2D eigenvalue weighted by Gasteiger charge is -2.17.